The van der Waals surface area contributed by atoms with Gasteiger partial charge in [-0.3, -0.25) is 8.97 Å². The lowest BCUT2D eigenvalue weighted by Crippen LogP contribution is -2.08. The van der Waals surface area contributed by atoms with Crippen LogP contribution in [0.5, 0.6) is 0 Å². The number of rotatable bonds is 4. The number of nitrogens with one attached hydrogen (secondary N) is 1. The molecule has 0 spiro atoms. The lowest BCUT2D eigenvalue weighted by molar-refractivity contribution is 1.09. The Morgan fingerprint density at radius 3 is 2.16 bits per heavy atom. The number of nitrogens with zero attached hydrogens (tertiary/aromatic N) is 4. The third kappa shape index (κ3) is 3.48. The molecular formula is C31H30N6. The first-order valence-electron chi connectivity index (χ1n) is 12.5. The van der Waals surface area contributed by atoms with E-state index in [1.165, 1.54) is 11.2 Å². The van der Waals surface area contributed by atoms with Gasteiger partial charge in [0.2, 0.25) is 0 Å². The standard InChI is InChI=1S/C31H30N6/c1-18-13-14-21(4)30(37-24-12-7-6-11-23(24)36-22(5)15-16-25(36)37)26(18)29-27(32)31(34-17-33-29)35-28-19(2)9-8-10-20(28)3/h6-17H,32H2,1-5H3,(H,33,34,35). The molecule has 6 rings (SSSR count). The first-order chi connectivity index (χ1) is 17.9. The maximum absolute atomic E-state index is 6.83. The van der Waals surface area contributed by atoms with Crippen molar-refractivity contribution in [1.82, 2.24) is 18.9 Å². The van der Waals surface area contributed by atoms with Crippen molar-refractivity contribution >= 4 is 33.9 Å². The van der Waals surface area contributed by atoms with Gasteiger partial charge in [0.25, 0.3) is 0 Å². The van der Waals surface area contributed by atoms with Gasteiger partial charge in [0.1, 0.15) is 23.4 Å². The van der Waals surface area contributed by atoms with Gasteiger partial charge in [-0.25, -0.2) is 9.97 Å². The van der Waals surface area contributed by atoms with E-state index in [0.29, 0.717) is 11.5 Å². The zero-order chi connectivity index (χ0) is 25.8. The van der Waals surface area contributed by atoms with Crippen molar-refractivity contribution in [2.24, 2.45) is 0 Å². The van der Waals surface area contributed by atoms with Crippen LogP contribution in [-0.4, -0.2) is 18.9 Å². The summed E-state index contributed by atoms with van der Waals surface area (Å²) in [5.41, 5.74) is 20.3. The molecule has 0 aliphatic carbocycles. The number of para-hydroxylation sites is 3. The monoisotopic (exact) mass is 486 g/mol. The van der Waals surface area contributed by atoms with Crippen LogP contribution in [0.4, 0.5) is 17.2 Å². The molecule has 0 bridgehead atoms. The second-order valence-corrected chi connectivity index (χ2v) is 9.79. The van der Waals surface area contributed by atoms with Gasteiger partial charge in [0, 0.05) is 16.9 Å². The average molecular weight is 487 g/mol. The van der Waals surface area contributed by atoms with Gasteiger partial charge in [-0.2, -0.15) is 0 Å². The van der Waals surface area contributed by atoms with Gasteiger partial charge in [0.15, 0.2) is 5.82 Å². The van der Waals surface area contributed by atoms with E-state index >= 15 is 0 Å². The topological polar surface area (TPSA) is 73.2 Å². The van der Waals surface area contributed by atoms with Crippen molar-refractivity contribution in [1.29, 1.82) is 0 Å². The zero-order valence-electron chi connectivity index (χ0n) is 21.8. The molecule has 0 atom stereocenters. The third-order valence-corrected chi connectivity index (χ3v) is 7.30. The number of hydrogen-bond donors (Lipinski definition) is 2. The van der Waals surface area contributed by atoms with E-state index in [1.807, 2.05) is 0 Å². The number of imidazole rings is 1. The Kier molecular flexibility index (Phi) is 5.26. The smallest absolute Gasteiger partial charge is 0.157 e. The number of anilines is 3. The van der Waals surface area contributed by atoms with E-state index in [2.05, 4.69) is 121 Å². The molecular weight excluding hydrogens is 456 g/mol. The summed E-state index contributed by atoms with van der Waals surface area (Å²) in [4.78, 5) is 9.27. The van der Waals surface area contributed by atoms with Crippen LogP contribution in [-0.2, 0) is 0 Å². The normalized spacial score (nSPS) is 11.5. The van der Waals surface area contributed by atoms with E-state index in [-0.39, 0.29) is 0 Å². The van der Waals surface area contributed by atoms with Crippen LogP contribution in [0, 0.1) is 34.6 Å². The summed E-state index contributed by atoms with van der Waals surface area (Å²) in [5.74, 6) is 0.607. The number of aryl methyl sites for hydroxylation is 5. The van der Waals surface area contributed by atoms with E-state index in [4.69, 9.17) is 10.7 Å². The molecule has 37 heavy (non-hydrogen) atoms. The fraction of sp³-hybridized carbons (Fsp3) is 0.161. The molecule has 184 valence electrons. The fourth-order valence-corrected chi connectivity index (χ4v) is 5.42. The largest absolute Gasteiger partial charge is 0.394 e. The molecule has 3 heterocycles. The summed E-state index contributed by atoms with van der Waals surface area (Å²) >= 11 is 0. The minimum Gasteiger partial charge on any atom is -0.394 e. The Morgan fingerprint density at radius 2 is 1.41 bits per heavy atom. The van der Waals surface area contributed by atoms with Crippen molar-refractivity contribution < 1.29 is 0 Å². The second kappa shape index (κ2) is 8.52. The molecule has 0 amide bonds. The summed E-state index contributed by atoms with van der Waals surface area (Å²) < 4.78 is 4.64. The summed E-state index contributed by atoms with van der Waals surface area (Å²) in [5, 5.41) is 3.48. The fourth-order valence-electron chi connectivity index (χ4n) is 5.42. The Morgan fingerprint density at radius 1 is 0.703 bits per heavy atom. The molecule has 0 saturated carbocycles. The Bertz CT molecular complexity index is 1800. The molecule has 0 aliphatic rings. The molecule has 0 fully saturated rings. The van der Waals surface area contributed by atoms with Crippen LogP contribution in [0.1, 0.15) is 27.9 Å². The van der Waals surface area contributed by atoms with Crippen LogP contribution in [0.3, 0.4) is 0 Å². The summed E-state index contributed by atoms with van der Waals surface area (Å²) in [6, 6.07) is 23.4. The lowest BCUT2D eigenvalue weighted by Gasteiger charge is -2.20. The maximum atomic E-state index is 6.83. The highest BCUT2D eigenvalue weighted by Gasteiger charge is 2.23. The molecule has 3 aromatic carbocycles. The van der Waals surface area contributed by atoms with Crippen LogP contribution in [0.15, 0.2) is 73.1 Å². The molecule has 3 N–H and O–H groups in total. The van der Waals surface area contributed by atoms with Crippen LogP contribution in [0.2, 0.25) is 0 Å². The molecule has 6 nitrogen and oxygen atoms in total. The van der Waals surface area contributed by atoms with Crippen molar-refractivity contribution in [3.05, 3.63) is 101 Å². The highest BCUT2D eigenvalue weighted by atomic mass is 15.1. The first-order valence-corrected chi connectivity index (χ1v) is 12.5. The van der Waals surface area contributed by atoms with Crippen LogP contribution < -0.4 is 11.1 Å². The van der Waals surface area contributed by atoms with Gasteiger partial charge < -0.3 is 11.1 Å². The van der Waals surface area contributed by atoms with E-state index < -0.39 is 0 Å². The SMILES string of the molecule is Cc1cccc(C)c1Nc1ncnc(-c2c(C)ccc(C)c2-n2c3ccccc3n3c(C)ccc23)c1N. The third-order valence-electron chi connectivity index (χ3n) is 7.30. The maximum Gasteiger partial charge on any atom is 0.157 e. The number of nitrogens with two attached hydrogens (primary N) is 1. The van der Waals surface area contributed by atoms with Gasteiger partial charge >= 0.3 is 0 Å². The first kappa shape index (κ1) is 22.9. The minimum absolute atomic E-state index is 0.527. The van der Waals surface area contributed by atoms with Crippen molar-refractivity contribution in [2.45, 2.75) is 34.6 Å². The van der Waals surface area contributed by atoms with Gasteiger partial charge in [-0.1, -0.05) is 42.5 Å². The molecule has 6 heteroatoms. The predicted octanol–water partition coefficient (Wildman–Crippen LogP) is 7.21. The van der Waals surface area contributed by atoms with E-state index in [0.717, 1.165) is 56.0 Å². The highest BCUT2D eigenvalue weighted by Crippen LogP contribution is 2.40. The summed E-state index contributed by atoms with van der Waals surface area (Å²) in [7, 11) is 0. The summed E-state index contributed by atoms with van der Waals surface area (Å²) in [6.45, 7) is 10.6. The molecule has 0 unspecified atom stereocenters. The molecule has 0 saturated heterocycles. The van der Waals surface area contributed by atoms with Crippen molar-refractivity contribution in [2.75, 3.05) is 11.1 Å². The summed E-state index contributed by atoms with van der Waals surface area (Å²) in [6.07, 6.45) is 1.60. The number of hydrogen-bond acceptors (Lipinski definition) is 4. The van der Waals surface area contributed by atoms with Gasteiger partial charge in [0.05, 0.1) is 16.7 Å². The number of benzene rings is 3. The van der Waals surface area contributed by atoms with Crippen LogP contribution in [0.25, 0.3) is 33.6 Å². The average Bonchev–Trinajstić information content (AvgIpc) is 3.42. The Labute approximate surface area is 216 Å². The van der Waals surface area contributed by atoms with Crippen molar-refractivity contribution in [3.8, 4) is 16.9 Å². The van der Waals surface area contributed by atoms with Gasteiger partial charge in [-0.05, 0) is 81.1 Å². The zero-order valence-corrected chi connectivity index (χ0v) is 21.8. The second-order valence-electron chi connectivity index (χ2n) is 9.79. The van der Waals surface area contributed by atoms with Gasteiger partial charge in [-0.15, -0.1) is 0 Å². The Balaban J connectivity index is 1.63. The number of aromatic nitrogens is 4. The Hall–Kier alpha value is -4.58. The quantitative estimate of drug-likeness (QED) is 0.276. The van der Waals surface area contributed by atoms with E-state index in [1.54, 1.807) is 6.33 Å². The molecule has 6 aromatic rings. The number of nitrogen functional groups attached to an aromatic ring is 1. The van der Waals surface area contributed by atoms with Crippen LogP contribution >= 0.6 is 0 Å². The molecule has 0 aliphatic heterocycles. The van der Waals surface area contributed by atoms with E-state index in [9.17, 15) is 0 Å². The lowest BCUT2D eigenvalue weighted by atomic mass is 9.97. The van der Waals surface area contributed by atoms with Crippen molar-refractivity contribution in [3.63, 3.8) is 0 Å². The minimum atomic E-state index is 0.527. The molecule has 0 radical (unpaired) electrons. The highest BCUT2D eigenvalue weighted by molar-refractivity contribution is 5.93. The number of fused-ring (bicyclic) bond motifs is 3. The predicted molar refractivity (Wildman–Crippen MR) is 153 cm³/mol. The molecule has 3 aromatic heterocycles.